The number of carbonyl (C=O) groups is 2. The van der Waals surface area contributed by atoms with Gasteiger partial charge in [-0.3, -0.25) is 0 Å². The van der Waals surface area contributed by atoms with E-state index in [0.717, 1.165) is 58.4 Å². The maximum atomic E-state index is 13.1. The SMILES string of the molecule is COc1cc2cc(c1OC)OCCCC(OC(=O)c1ccc(S(C)(=O)=O)cc1)CCN1CCCN(CCCOC2=O)CC1. The van der Waals surface area contributed by atoms with E-state index in [2.05, 4.69) is 9.80 Å². The first-order valence-electron chi connectivity index (χ1n) is 14.7. The van der Waals surface area contributed by atoms with Gasteiger partial charge in [0.2, 0.25) is 5.75 Å². The summed E-state index contributed by atoms with van der Waals surface area (Å²) >= 11 is 0. The zero-order chi connectivity index (χ0) is 30.8. The molecule has 4 bridgehead atoms. The molecule has 2 aliphatic rings. The number of carbonyl (C=O) groups excluding carboxylic acids is 2. The van der Waals surface area contributed by atoms with Crippen LogP contribution in [0.15, 0.2) is 41.3 Å². The third-order valence-corrected chi connectivity index (χ3v) is 8.83. The second kappa shape index (κ2) is 15.4. The van der Waals surface area contributed by atoms with Crippen molar-refractivity contribution in [2.24, 2.45) is 0 Å². The van der Waals surface area contributed by atoms with Crippen molar-refractivity contribution in [1.29, 1.82) is 0 Å². The first kappa shape index (κ1) is 32.6. The molecular formula is C31H42N2O9S. The minimum absolute atomic E-state index is 0.146. The molecule has 2 heterocycles. The van der Waals surface area contributed by atoms with Gasteiger partial charge in [0, 0.05) is 32.4 Å². The van der Waals surface area contributed by atoms with Gasteiger partial charge in [0.05, 0.1) is 43.5 Å². The lowest BCUT2D eigenvalue weighted by atomic mass is 10.1. The molecule has 1 fully saturated rings. The second-order valence-electron chi connectivity index (χ2n) is 10.8. The molecule has 0 radical (unpaired) electrons. The summed E-state index contributed by atoms with van der Waals surface area (Å²) in [5.74, 6) is 0.142. The van der Waals surface area contributed by atoms with Gasteiger partial charge in [-0.15, -0.1) is 0 Å². The minimum atomic E-state index is -3.37. The van der Waals surface area contributed by atoms with Gasteiger partial charge in [0.15, 0.2) is 21.3 Å². The van der Waals surface area contributed by atoms with Crippen LogP contribution in [-0.2, 0) is 19.3 Å². The van der Waals surface area contributed by atoms with Gasteiger partial charge in [0.25, 0.3) is 0 Å². The molecule has 12 heteroatoms. The van der Waals surface area contributed by atoms with E-state index >= 15 is 0 Å². The van der Waals surface area contributed by atoms with E-state index in [4.69, 9.17) is 23.7 Å². The Morgan fingerprint density at radius 3 is 2.19 bits per heavy atom. The average Bonchev–Trinajstić information content (AvgIpc) is 3.23. The highest BCUT2D eigenvalue weighted by Crippen LogP contribution is 2.39. The molecule has 2 aromatic carbocycles. The number of cyclic esters (lactones) is 1. The largest absolute Gasteiger partial charge is 0.493 e. The van der Waals surface area contributed by atoms with Crippen molar-refractivity contribution in [2.45, 2.75) is 43.1 Å². The van der Waals surface area contributed by atoms with Crippen molar-refractivity contribution < 1.29 is 41.7 Å². The Hall–Kier alpha value is -3.35. The number of hydrogen-bond acceptors (Lipinski definition) is 11. The highest BCUT2D eigenvalue weighted by atomic mass is 32.2. The Morgan fingerprint density at radius 2 is 1.51 bits per heavy atom. The fraction of sp³-hybridized carbons (Fsp3) is 0.548. The number of methoxy groups -OCH3 is 2. The summed E-state index contributed by atoms with van der Waals surface area (Å²) in [6.45, 7) is 5.96. The van der Waals surface area contributed by atoms with Gasteiger partial charge < -0.3 is 33.5 Å². The van der Waals surface area contributed by atoms with Crippen LogP contribution in [0.1, 0.15) is 52.8 Å². The summed E-state index contributed by atoms with van der Waals surface area (Å²) in [6, 6.07) is 8.97. The monoisotopic (exact) mass is 618 g/mol. The molecule has 2 aliphatic heterocycles. The molecule has 0 amide bonds. The smallest absolute Gasteiger partial charge is 0.338 e. The van der Waals surface area contributed by atoms with Crippen molar-refractivity contribution in [2.75, 3.05) is 73.0 Å². The Balaban J connectivity index is 1.51. The molecule has 1 saturated heterocycles. The number of benzene rings is 2. The van der Waals surface area contributed by atoms with E-state index in [9.17, 15) is 18.0 Å². The zero-order valence-electron chi connectivity index (χ0n) is 25.2. The number of rotatable bonds is 5. The normalized spacial score (nSPS) is 22.5. The maximum Gasteiger partial charge on any atom is 0.338 e. The maximum absolute atomic E-state index is 13.1. The van der Waals surface area contributed by atoms with Gasteiger partial charge in [-0.2, -0.15) is 0 Å². The van der Waals surface area contributed by atoms with E-state index in [-0.39, 0.29) is 17.6 Å². The molecule has 3 atom stereocenters. The van der Waals surface area contributed by atoms with Gasteiger partial charge in [-0.25, -0.2) is 18.0 Å². The number of sulfone groups is 1. The number of hydrogen-bond donors (Lipinski definition) is 0. The molecule has 0 saturated carbocycles. The third-order valence-electron chi connectivity index (χ3n) is 7.70. The number of esters is 2. The van der Waals surface area contributed by atoms with Crippen molar-refractivity contribution in [3.05, 3.63) is 47.5 Å². The Kier molecular flexibility index (Phi) is 11.7. The van der Waals surface area contributed by atoms with E-state index in [1.165, 1.54) is 38.5 Å². The predicted molar refractivity (Wildman–Crippen MR) is 160 cm³/mol. The van der Waals surface area contributed by atoms with Crippen LogP contribution >= 0.6 is 0 Å². The molecule has 43 heavy (non-hydrogen) atoms. The molecule has 0 N–H and O–H groups in total. The first-order valence-corrected chi connectivity index (χ1v) is 16.6. The lowest BCUT2D eigenvalue weighted by Crippen LogP contribution is -2.34. The van der Waals surface area contributed by atoms with Crippen molar-refractivity contribution in [1.82, 2.24) is 9.80 Å². The first-order chi connectivity index (χ1) is 20.7. The topological polar surface area (TPSA) is 121 Å². The molecule has 0 spiro atoms. The molecule has 11 nitrogen and oxygen atoms in total. The van der Waals surface area contributed by atoms with Crippen LogP contribution in [0.5, 0.6) is 17.2 Å². The quantitative estimate of drug-likeness (QED) is 0.458. The Bertz CT molecular complexity index is 1350. The Labute approximate surface area is 253 Å². The molecule has 0 aromatic heterocycles. The molecule has 4 rings (SSSR count). The number of ether oxygens (including phenoxy) is 5. The average molecular weight is 619 g/mol. The van der Waals surface area contributed by atoms with Crippen LogP contribution in [0, 0.1) is 0 Å². The summed E-state index contributed by atoms with van der Waals surface area (Å²) in [6.07, 6.45) is 4.28. The van der Waals surface area contributed by atoms with Crippen molar-refractivity contribution >= 4 is 21.8 Å². The summed E-state index contributed by atoms with van der Waals surface area (Å²) in [4.78, 5) is 30.8. The van der Waals surface area contributed by atoms with E-state index in [1.54, 1.807) is 12.1 Å². The lowest BCUT2D eigenvalue weighted by Gasteiger charge is -2.24. The van der Waals surface area contributed by atoms with Gasteiger partial charge >= 0.3 is 11.9 Å². The summed E-state index contributed by atoms with van der Waals surface area (Å²) in [7, 11) is -0.372. The summed E-state index contributed by atoms with van der Waals surface area (Å²) in [5, 5.41) is 0. The van der Waals surface area contributed by atoms with Crippen molar-refractivity contribution in [3.8, 4) is 17.2 Å². The molecule has 3 unspecified atom stereocenters. The van der Waals surface area contributed by atoms with Crippen LogP contribution in [0.25, 0.3) is 0 Å². The van der Waals surface area contributed by atoms with Gasteiger partial charge in [-0.05, 0) is 81.6 Å². The molecular weight excluding hydrogens is 576 g/mol. The molecule has 2 aromatic rings. The molecule has 0 aliphatic carbocycles. The standard InChI is InChI=1S/C31H42N2O9S/c1-38-27-21-24-22-28(29(27)39-2)40-19-4-7-25(42-31(35)23-8-10-26(11-9-23)43(3,36)37)12-16-33-14-5-13-32(17-18-33)15-6-20-41-30(24)34/h8-11,21-22,25H,4-7,12-20H2,1-3H3. The lowest BCUT2D eigenvalue weighted by molar-refractivity contribution is 0.0221. The Morgan fingerprint density at radius 1 is 0.837 bits per heavy atom. The van der Waals surface area contributed by atoms with E-state index in [0.29, 0.717) is 54.2 Å². The van der Waals surface area contributed by atoms with Crippen LogP contribution in [0.4, 0.5) is 0 Å². The summed E-state index contributed by atoms with van der Waals surface area (Å²) in [5.41, 5.74) is 0.606. The predicted octanol–water partition coefficient (Wildman–Crippen LogP) is 3.45. The fourth-order valence-corrected chi connectivity index (χ4v) is 5.93. The van der Waals surface area contributed by atoms with Crippen LogP contribution in [0.2, 0.25) is 0 Å². The van der Waals surface area contributed by atoms with Crippen molar-refractivity contribution in [3.63, 3.8) is 0 Å². The van der Waals surface area contributed by atoms with Crippen LogP contribution in [0.3, 0.4) is 0 Å². The highest BCUT2D eigenvalue weighted by Gasteiger charge is 2.22. The number of fused-ring (bicyclic) bond motifs is 5. The minimum Gasteiger partial charge on any atom is -0.493 e. The van der Waals surface area contributed by atoms with Gasteiger partial charge in [0.1, 0.15) is 6.10 Å². The second-order valence-corrected chi connectivity index (χ2v) is 12.9. The van der Waals surface area contributed by atoms with Crippen LogP contribution < -0.4 is 14.2 Å². The van der Waals surface area contributed by atoms with Crippen LogP contribution in [-0.4, -0.2) is 109 Å². The van der Waals surface area contributed by atoms with Gasteiger partial charge in [-0.1, -0.05) is 0 Å². The molecule has 236 valence electrons. The van der Waals surface area contributed by atoms with E-state index in [1.807, 2.05) is 0 Å². The zero-order valence-corrected chi connectivity index (χ0v) is 26.0. The summed E-state index contributed by atoms with van der Waals surface area (Å²) < 4.78 is 52.1. The number of nitrogens with zero attached hydrogens (tertiary/aromatic N) is 2. The third kappa shape index (κ3) is 9.32. The fourth-order valence-electron chi connectivity index (χ4n) is 5.30. The highest BCUT2D eigenvalue weighted by molar-refractivity contribution is 7.90. The van der Waals surface area contributed by atoms with E-state index < -0.39 is 21.8 Å².